The van der Waals surface area contributed by atoms with Gasteiger partial charge in [0.2, 0.25) is 0 Å². The SMILES string of the molecule is Cc1ccc(S(=O)(=O)Nc2ccccc2NC(C)C)cc1. The van der Waals surface area contributed by atoms with Crippen LogP contribution in [0.2, 0.25) is 0 Å². The van der Waals surface area contributed by atoms with Gasteiger partial charge in [0.1, 0.15) is 0 Å². The number of aryl methyl sites for hydroxylation is 1. The number of hydrogen-bond acceptors (Lipinski definition) is 3. The van der Waals surface area contributed by atoms with Crippen LogP contribution in [0, 0.1) is 6.92 Å². The topological polar surface area (TPSA) is 58.2 Å². The molecular formula is C16H20N2O2S. The molecule has 0 spiro atoms. The zero-order valence-corrected chi connectivity index (χ0v) is 13.2. The van der Waals surface area contributed by atoms with E-state index in [1.54, 1.807) is 36.4 Å². The van der Waals surface area contributed by atoms with Crippen molar-refractivity contribution in [3.05, 3.63) is 54.1 Å². The number of rotatable bonds is 5. The number of para-hydroxylation sites is 2. The van der Waals surface area contributed by atoms with Crippen LogP contribution in [0.4, 0.5) is 11.4 Å². The smallest absolute Gasteiger partial charge is 0.261 e. The molecule has 2 rings (SSSR count). The van der Waals surface area contributed by atoms with E-state index in [0.29, 0.717) is 5.69 Å². The predicted octanol–water partition coefficient (Wildman–Crippen LogP) is 3.62. The molecule has 2 aromatic rings. The molecule has 0 fully saturated rings. The van der Waals surface area contributed by atoms with Crippen molar-refractivity contribution in [1.29, 1.82) is 0 Å². The summed E-state index contributed by atoms with van der Waals surface area (Å²) in [6, 6.07) is 14.3. The van der Waals surface area contributed by atoms with Crippen molar-refractivity contribution < 1.29 is 8.42 Å². The van der Waals surface area contributed by atoms with E-state index in [4.69, 9.17) is 0 Å². The third-order valence-electron chi connectivity index (χ3n) is 2.95. The van der Waals surface area contributed by atoms with Crippen LogP contribution in [-0.4, -0.2) is 14.5 Å². The fourth-order valence-electron chi connectivity index (χ4n) is 1.93. The second-order valence-corrected chi connectivity index (χ2v) is 6.95. The Balaban J connectivity index is 2.30. The standard InChI is InChI=1S/C16H20N2O2S/c1-12(2)17-15-6-4-5-7-16(15)18-21(19,20)14-10-8-13(3)9-11-14/h4-12,17-18H,1-3H3. The fraction of sp³-hybridized carbons (Fsp3) is 0.250. The first-order valence-electron chi connectivity index (χ1n) is 6.83. The Bertz CT molecular complexity index is 707. The molecule has 0 saturated heterocycles. The largest absolute Gasteiger partial charge is 0.381 e. The Kier molecular flexibility index (Phi) is 4.53. The molecule has 0 aliphatic heterocycles. The zero-order valence-electron chi connectivity index (χ0n) is 12.4. The molecule has 5 heteroatoms. The van der Waals surface area contributed by atoms with E-state index in [2.05, 4.69) is 10.0 Å². The first kappa shape index (κ1) is 15.4. The molecule has 0 amide bonds. The van der Waals surface area contributed by atoms with Crippen LogP contribution in [0.15, 0.2) is 53.4 Å². The van der Waals surface area contributed by atoms with Crippen molar-refractivity contribution in [2.45, 2.75) is 31.7 Å². The Morgan fingerprint density at radius 2 is 1.48 bits per heavy atom. The van der Waals surface area contributed by atoms with Gasteiger partial charge in [-0.3, -0.25) is 4.72 Å². The summed E-state index contributed by atoms with van der Waals surface area (Å²) in [6.07, 6.45) is 0. The van der Waals surface area contributed by atoms with Gasteiger partial charge in [-0.25, -0.2) is 8.42 Å². The van der Waals surface area contributed by atoms with Crippen molar-refractivity contribution in [3.63, 3.8) is 0 Å². The molecule has 0 heterocycles. The molecule has 112 valence electrons. The minimum Gasteiger partial charge on any atom is -0.381 e. The van der Waals surface area contributed by atoms with Crippen LogP contribution in [-0.2, 0) is 10.0 Å². The maximum atomic E-state index is 12.4. The molecule has 0 saturated carbocycles. The van der Waals surface area contributed by atoms with Crippen molar-refractivity contribution in [1.82, 2.24) is 0 Å². The molecule has 0 aliphatic rings. The van der Waals surface area contributed by atoms with E-state index in [1.807, 2.05) is 32.9 Å². The van der Waals surface area contributed by atoms with Gasteiger partial charge in [0.15, 0.2) is 0 Å². The second kappa shape index (κ2) is 6.18. The molecule has 0 radical (unpaired) electrons. The molecule has 0 aliphatic carbocycles. The third-order valence-corrected chi connectivity index (χ3v) is 4.33. The van der Waals surface area contributed by atoms with Crippen molar-refractivity contribution in [2.24, 2.45) is 0 Å². The van der Waals surface area contributed by atoms with Crippen LogP contribution in [0.1, 0.15) is 19.4 Å². The zero-order chi connectivity index (χ0) is 15.5. The van der Waals surface area contributed by atoms with Gasteiger partial charge in [-0.05, 0) is 45.0 Å². The van der Waals surface area contributed by atoms with Gasteiger partial charge in [-0.2, -0.15) is 0 Å². The summed E-state index contributed by atoms with van der Waals surface area (Å²) in [5.41, 5.74) is 2.34. The van der Waals surface area contributed by atoms with Gasteiger partial charge in [-0.15, -0.1) is 0 Å². The summed E-state index contributed by atoms with van der Waals surface area (Å²) < 4.78 is 27.5. The van der Waals surface area contributed by atoms with Crippen molar-refractivity contribution in [2.75, 3.05) is 10.0 Å². The van der Waals surface area contributed by atoms with Gasteiger partial charge in [0.05, 0.1) is 16.3 Å². The lowest BCUT2D eigenvalue weighted by atomic mass is 10.2. The lowest BCUT2D eigenvalue weighted by Gasteiger charge is -2.16. The van der Waals surface area contributed by atoms with Crippen LogP contribution in [0.25, 0.3) is 0 Å². The molecule has 0 aromatic heterocycles. The van der Waals surface area contributed by atoms with Gasteiger partial charge in [0.25, 0.3) is 10.0 Å². The van der Waals surface area contributed by atoms with Crippen LogP contribution < -0.4 is 10.0 Å². The molecule has 2 N–H and O–H groups in total. The van der Waals surface area contributed by atoms with Crippen molar-refractivity contribution >= 4 is 21.4 Å². The maximum absolute atomic E-state index is 12.4. The number of sulfonamides is 1. The minimum atomic E-state index is -3.58. The molecule has 0 unspecified atom stereocenters. The summed E-state index contributed by atoms with van der Waals surface area (Å²) in [5, 5.41) is 3.23. The highest BCUT2D eigenvalue weighted by Crippen LogP contribution is 2.25. The van der Waals surface area contributed by atoms with E-state index in [9.17, 15) is 8.42 Å². The van der Waals surface area contributed by atoms with E-state index >= 15 is 0 Å². The normalized spacial score (nSPS) is 11.4. The van der Waals surface area contributed by atoms with E-state index in [1.165, 1.54) is 0 Å². The summed E-state index contributed by atoms with van der Waals surface area (Å²) in [7, 11) is -3.58. The summed E-state index contributed by atoms with van der Waals surface area (Å²) >= 11 is 0. The van der Waals surface area contributed by atoms with Crippen LogP contribution in [0.5, 0.6) is 0 Å². The summed E-state index contributed by atoms with van der Waals surface area (Å²) in [4.78, 5) is 0.257. The molecule has 21 heavy (non-hydrogen) atoms. The lowest BCUT2D eigenvalue weighted by molar-refractivity contribution is 0.601. The average molecular weight is 304 g/mol. The molecular weight excluding hydrogens is 284 g/mol. The van der Waals surface area contributed by atoms with Crippen LogP contribution in [0.3, 0.4) is 0 Å². The number of anilines is 2. The average Bonchev–Trinajstić information content (AvgIpc) is 2.40. The van der Waals surface area contributed by atoms with E-state index in [-0.39, 0.29) is 10.9 Å². The first-order valence-corrected chi connectivity index (χ1v) is 8.32. The molecule has 4 nitrogen and oxygen atoms in total. The molecule has 2 aromatic carbocycles. The van der Waals surface area contributed by atoms with Crippen LogP contribution >= 0.6 is 0 Å². The molecule has 0 bridgehead atoms. The van der Waals surface area contributed by atoms with Gasteiger partial charge in [0, 0.05) is 6.04 Å². The Morgan fingerprint density at radius 3 is 2.05 bits per heavy atom. The Morgan fingerprint density at radius 1 is 0.905 bits per heavy atom. The monoisotopic (exact) mass is 304 g/mol. The predicted molar refractivity (Wildman–Crippen MR) is 87.2 cm³/mol. The highest BCUT2D eigenvalue weighted by Gasteiger charge is 2.15. The lowest BCUT2D eigenvalue weighted by Crippen LogP contribution is -2.16. The first-order chi connectivity index (χ1) is 9.88. The Hall–Kier alpha value is -2.01. The highest BCUT2D eigenvalue weighted by atomic mass is 32.2. The molecule has 0 atom stereocenters. The van der Waals surface area contributed by atoms with Gasteiger partial charge < -0.3 is 5.32 Å². The minimum absolute atomic E-state index is 0.218. The second-order valence-electron chi connectivity index (χ2n) is 5.26. The quantitative estimate of drug-likeness (QED) is 0.887. The number of nitrogens with one attached hydrogen (secondary N) is 2. The fourth-order valence-corrected chi connectivity index (χ4v) is 3.01. The van der Waals surface area contributed by atoms with Crippen molar-refractivity contribution in [3.8, 4) is 0 Å². The third kappa shape index (κ3) is 3.98. The maximum Gasteiger partial charge on any atom is 0.261 e. The van der Waals surface area contributed by atoms with E-state index in [0.717, 1.165) is 11.3 Å². The van der Waals surface area contributed by atoms with E-state index < -0.39 is 10.0 Å². The highest BCUT2D eigenvalue weighted by molar-refractivity contribution is 7.92. The Labute approximate surface area is 126 Å². The number of hydrogen-bond donors (Lipinski definition) is 2. The number of benzene rings is 2. The van der Waals surface area contributed by atoms with Gasteiger partial charge >= 0.3 is 0 Å². The summed E-state index contributed by atoms with van der Waals surface area (Å²) in [6.45, 7) is 5.93. The van der Waals surface area contributed by atoms with Gasteiger partial charge in [-0.1, -0.05) is 29.8 Å². The summed E-state index contributed by atoms with van der Waals surface area (Å²) in [5.74, 6) is 0.